The minimum absolute atomic E-state index is 0.600. The van der Waals surface area contributed by atoms with E-state index in [1.807, 2.05) is 11.7 Å². The highest BCUT2D eigenvalue weighted by atomic mass is 15.3. The molecule has 1 N–H and O–H groups in total. The van der Waals surface area contributed by atoms with Crippen LogP contribution in [0.15, 0.2) is 24.3 Å². The van der Waals surface area contributed by atoms with Gasteiger partial charge in [-0.2, -0.15) is 5.10 Å². The fraction of sp³-hybridized carbons (Fsp3) is 0.562. The van der Waals surface area contributed by atoms with Crippen molar-refractivity contribution in [2.75, 3.05) is 0 Å². The number of rotatable bonds is 4. The van der Waals surface area contributed by atoms with Crippen LogP contribution < -0.4 is 5.32 Å². The second-order valence-electron chi connectivity index (χ2n) is 5.80. The first-order valence-electron chi connectivity index (χ1n) is 7.39. The maximum Gasteiger partial charge on any atom is 0.0841 e. The molecule has 3 rings (SSSR count). The molecule has 1 aromatic heterocycles. The Morgan fingerprint density at radius 1 is 1.32 bits per heavy atom. The summed E-state index contributed by atoms with van der Waals surface area (Å²) < 4.78 is 1.98. The van der Waals surface area contributed by atoms with Crippen molar-refractivity contribution in [3.63, 3.8) is 0 Å². The van der Waals surface area contributed by atoms with Crippen LogP contribution >= 0.6 is 0 Å². The molecule has 1 fully saturated rings. The van der Waals surface area contributed by atoms with E-state index < -0.39 is 0 Å². The Morgan fingerprint density at radius 3 is 2.84 bits per heavy atom. The van der Waals surface area contributed by atoms with Crippen molar-refractivity contribution in [1.29, 1.82) is 0 Å². The van der Waals surface area contributed by atoms with Gasteiger partial charge in [0.25, 0.3) is 0 Å². The lowest BCUT2D eigenvalue weighted by Gasteiger charge is -2.19. The Kier molecular flexibility index (Phi) is 3.56. The molecule has 19 heavy (non-hydrogen) atoms. The first-order chi connectivity index (χ1) is 9.25. The summed E-state index contributed by atoms with van der Waals surface area (Å²) in [5, 5.41) is 9.59. The average molecular weight is 257 g/mol. The summed E-state index contributed by atoms with van der Waals surface area (Å²) in [6, 6.07) is 9.06. The second kappa shape index (κ2) is 5.33. The van der Waals surface area contributed by atoms with E-state index >= 15 is 0 Å². The van der Waals surface area contributed by atoms with Crippen LogP contribution in [-0.4, -0.2) is 15.8 Å². The molecule has 1 atom stereocenters. The van der Waals surface area contributed by atoms with Gasteiger partial charge in [-0.1, -0.05) is 31.0 Å². The number of aryl methyl sites for hydroxylation is 1. The minimum atomic E-state index is 0.600. The monoisotopic (exact) mass is 257 g/mol. The Balaban J connectivity index is 1.71. The molecule has 1 heterocycles. The first kappa shape index (κ1) is 12.7. The molecule has 1 aliphatic carbocycles. The topological polar surface area (TPSA) is 29.9 Å². The molecule has 2 aromatic rings. The number of fused-ring (bicyclic) bond motifs is 1. The Bertz CT molecular complexity index is 552. The fourth-order valence-corrected chi connectivity index (χ4v) is 3.30. The van der Waals surface area contributed by atoms with Crippen LogP contribution in [0.5, 0.6) is 0 Å². The van der Waals surface area contributed by atoms with Crippen LogP contribution in [0.4, 0.5) is 0 Å². The zero-order valence-electron chi connectivity index (χ0n) is 11.9. The van der Waals surface area contributed by atoms with Gasteiger partial charge in [-0.25, -0.2) is 0 Å². The summed E-state index contributed by atoms with van der Waals surface area (Å²) >= 11 is 0. The van der Waals surface area contributed by atoms with Gasteiger partial charge in [-0.3, -0.25) is 4.68 Å². The summed E-state index contributed by atoms with van der Waals surface area (Å²) in [6.07, 6.45) is 5.58. The lowest BCUT2D eigenvalue weighted by molar-refractivity contribution is 0.379. The predicted molar refractivity (Wildman–Crippen MR) is 79.0 cm³/mol. The zero-order valence-corrected chi connectivity index (χ0v) is 11.9. The van der Waals surface area contributed by atoms with Crippen molar-refractivity contribution in [3.8, 4) is 0 Å². The highest BCUT2D eigenvalue weighted by Gasteiger charge is 2.21. The van der Waals surface area contributed by atoms with E-state index in [1.165, 1.54) is 42.3 Å². The van der Waals surface area contributed by atoms with Crippen LogP contribution in [0.25, 0.3) is 10.9 Å². The summed E-state index contributed by atoms with van der Waals surface area (Å²) in [5.41, 5.74) is 2.38. The molecule has 0 saturated heterocycles. The quantitative estimate of drug-likeness (QED) is 0.911. The van der Waals surface area contributed by atoms with E-state index in [2.05, 4.69) is 41.6 Å². The van der Waals surface area contributed by atoms with Gasteiger partial charge in [0.1, 0.15) is 0 Å². The third-order valence-corrected chi connectivity index (χ3v) is 4.53. The number of aromatic nitrogens is 2. The molecule has 3 heteroatoms. The molecule has 3 nitrogen and oxygen atoms in total. The third kappa shape index (κ3) is 2.52. The Hall–Kier alpha value is -1.35. The number of hydrogen-bond donors (Lipinski definition) is 1. The Labute approximate surface area is 115 Å². The first-order valence-corrected chi connectivity index (χ1v) is 7.39. The summed E-state index contributed by atoms with van der Waals surface area (Å²) in [4.78, 5) is 0. The van der Waals surface area contributed by atoms with Gasteiger partial charge < -0.3 is 5.32 Å². The molecule has 0 bridgehead atoms. The molecular formula is C16H23N3. The Morgan fingerprint density at radius 2 is 2.05 bits per heavy atom. The van der Waals surface area contributed by atoms with Gasteiger partial charge >= 0.3 is 0 Å². The molecular weight excluding hydrogens is 234 g/mol. The average Bonchev–Trinajstić information content (AvgIpc) is 3.06. The standard InChI is InChI=1S/C16H23N3/c1-12(13-7-3-4-8-13)17-11-15-14-9-5-6-10-16(14)19(2)18-15/h5-6,9-10,12-13,17H,3-4,7-8,11H2,1-2H3/t12-/m1/s1. The van der Waals surface area contributed by atoms with E-state index in [9.17, 15) is 0 Å². The van der Waals surface area contributed by atoms with E-state index in [0.29, 0.717) is 6.04 Å². The molecule has 0 radical (unpaired) electrons. The van der Waals surface area contributed by atoms with Gasteiger partial charge in [0, 0.05) is 25.0 Å². The van der Waals surface area contributed by atoms with Crippen molar-refractivity contribution in [3.05, 3.63) is 30.0 Å². The molecule has 102 valence electrons. The van der Waals surface area contributed by atoms with Gasteiger partial charge in [0.05, 0.1) is 11.2 Å². The highest BCUT2D eigenvalue weighted by molar-refractivity contribution is 5.81. The molecule has 0 spiro atoms. The normalized spacial score (nSPS) is 18.2. The maximum absolute atomic E-state index is 4.64. The van der Waals surface area contributed by atoms with Gasteiger partial charge in [0.15, 0.2) is 0 Å². The van der Waals surface area contributed by atoms with E-state index in [4.69, 9.17) is 0 Å². The van der Waals surface area contributed by atoms with Crippen molar-refractivity contribution >= 4 is 10.9 Å². The number of para-hydroxylation sites is 1. The number of hydrogen-bond acceptors (Lipinski definition) is 2. The van der Waals surface area contributed by atoms with Crippen molar-refractivity contribution in [2.45, 2.75) is 45.2 Å². The second-order valence-corrected chi connectivity index (χ2v) is 5.80. The summed E-state index contributed by atoms with van der Waals surface area (Å²) in [7, 11) is 2.02. The lowest BCUT2D eigenvalue weighted by Crippen LogP contribution is -2.31. The van der Waals surface area contributed by atoms with Gasteiger partial charge in [0.2, 0.25) is 0 Å². The molecule has 0 amide bonds. The molecule has 1 saturated carbocycles. The van der Waals surface area contributed by atoms with Crippen LogP contribution in [0.1, 0.15) is 38.3 Å². The molecule has 1 aliphatic rings. The summed E-state index contributed by atoms with van der Waals surface area (Å²) in [5.74, 6) is 0.856. The van der Waals surface area contributed by atoms with Crippen LogP contribution in [-0.2, 0) is 13.6 Å². The van der Waals surface area contributed by atoms with Crippen LogP contribution in [0.2, 0.25) is 0 Å². The minimum Gasteiger partial charge on any atom is -0.308 e. The highest BCUT2D eigenvalue weighted by Crippen LogP contribution is 2.27. The predicted octanol–water partition coefficient (Wildman–Crippen LogP) is 3.24. The van der Waals surface area contributed by atoms with Crippen molar-refractivity contribution < 1.29 is 0 Å². The molecule has 0 aliphatic heterocycles. The number of benzene rings is 1. The van der Waals surface area contributed by atoms with Gasteiger partial charge in [-0.15, -0.1) is 0 Å². The zero-order chi connectivity index (χ0) is 13.2. The SMILES string of the molecule is C[C@@H](NCc1nn(C)c2ccccc12)C1CCCC1. The summed E-state index contributed by atoms with van der Waals surface area (Å²) in [6.45, 7) is 3.19. The van der Waals surface area contributed by atoms with Gasteiger partial charge in [-0.05, 0) is 31.7 Å². The number of nitrogens with zero attached hydrogens (tertiary/aromatic N) is 2. The number of nitrogens with one attached hydrogen (secondary N) is 1. The van der Waals surface area contributed by atoms with Crippen LogP contribution in [0, 0.1) is 5.92 Å². The fourth-order valence-electron chi connectivity index (χ4n) is 3.30. The van der Waals surface area contributed by atoms with Crippen LogP contribution in [0.3, 0.4) is 0 Å². The smallest absolute Gasteiger partial charge is 0.0841 e. The largest absolute Gasteiger partial charge is 0.308 e. The third-order valence-electron chi connectivity index (χ3n) is 4.53. The maximum atomic E-state index is 4.64. The van der Waals surface area contributed by atoms with Crippen molar-refractivity contribution in [2.24, 2.45) is 13.0 Å². The lowest BCUT2D eigenvalue weighted by atomic mass is 10.00. The van der Waals surface area contributed by atoms with E-state index in [-0.39, 0.29) is 0 Å². The van der Waals surface area contributed by atoms with E-state index in [1.54, 1.807) is 0 Å². The molecule has 1 aromatic carbocycles. The van der Waals surface area contributed by atoms with E-state index in [0.717, 1.165) is 12.5 Å². The van der Waals surface area contributed by atoms with Crippen molar-refractivity contribution in [1.82, 2.24) is 15.1 Å². The molecule has 0 unspecified atom stereocenters.